The fourth-order valence-corrected chi connectivity index (χ4v) is 3.85. The maximum atomic E-state index is 12.7. The predicted molar refractivity (Wildman–Crippen MR) is 136 cm³/mol. The van der Waals surface area contributed by atoms with E-state index in [4.69, 9.17) is 5.73 Å². The quantitative estimate of drug-likeness (QED) is 0.286. The van der Waals surface area contributed by atoms with E-state index in [0.29, 0.717) is 23.5 Å². The Morgan fingerprint density at radius 1 is 1.03 bits per heavy atom. The van der Waals surface area contributed by atoms with Crippen molar-refractivity contribution in [3.63, 3.8) is 0 Å². The zero-order chi connectivity index (χ0) is 25.4. The molecule has 0 radical (unpaired) electrons. The maximum absolute atomic E-state index is 12.7. The molecule has 2 aromatic carbocycles. The van der Waals surface area contributed by atoms with Crippen molar-refractivity contribution in [2.45, 2.75) is 38.0 Å². The average molecular weight is 479 g/mol. The van der Waals surface area contributed by atoms with Gasteiger partial charge in [-0.2, -0.15) is 0 Å². The van der Waals surface area contributed by atoms with Crippen molar-refractivity contribution >= 4 is 11.7 Å². The van der Waals surface area contributed by atoms with Crippen molar-refractivity contribution in [1.29, 1.82) is 0 Å². The molecular formula is C27H34N4O4. The van der Waals surface area contributed by atoms with E-state index >= 15 is 0 Å². The first kappa shape index (κ1) is 26.2. The molecule has 0 aliphatic heterocycles. The number of likely N-dealkylation sites (N-methyl/N-ethyl adjacent to an activating group) is 1. The van der Waals surface area contributed by atoms with Crippen LogP contribution in [0, 0.1) is 0 Å². The Bertz CT molecular complexity index is 1110. The van der Waals surface area contributed by atoms with Crippen molar-refractivity contribution in [1.82, 2.24) is 15.2 Å². The van der Waals surface area contributed by atoms with E-state index in [1.807, 2.05) is 31.2 Å². The molecule has 186 valence electrons. The van der Waals surface area contributed by atoms with Crippen molar-refractivity contribution in [3.05, 3.63) is 89.1 Å². The average Bonchev–Trinajstić information content (AvgIpc) is 2.83. The summed E-state index contributed by atoms with van der Waals surface area (Å²) in [4.78, 5) is 18.2. The molecule has 1 amide bonds. The van der Waals surface area contributed by atoms with Crippen molar-refractivity contribution in [3.8, 4) is 5.75 Å². The van der Waals surface area contributed by atoms with Gasteiger partial charge in [-0.1, -0.05) is 42.5 Å². The number of aliphatic hydroxyl groups is 2. The van der Waals surface area contributed by atoms with Gasteiger partial charge in [0.2, 0.25) is 5.91 Å². The van der Waals surface area contributed by atoms with Crippen LogP contribution in [0.3, 0.4) is 0 Å². The number of rotatable bonds is 11. The number of nitrogens with two attached hydrogens (primary N) is 1. The lowest BCUT2D eigenvalue weighted by atomic mass is 10.0. The van der Waals surface area contributed by atoms with Crippen LogP contribution in [0.2, 0.25) is 0 Å². The van der Waals surface area contributed by atoms with E-state index in [2.05, 4.69) is 10.3 Å². The fourth-order valence-electron chi connectivity index (χ4n) is 3.85. The van der Waals surface area contributed by atoms with Crippen LogP contribution in [0.5, 0.6) is 5.75 Å². The van der Waals surface area contributed by atoms with Gasteiger partial charge in [0.25, 0.3) is 0 Å². The van der Waals surface area contributed by atoms with Crippen LogP contribution in [-0.2, 0) is 17.6 Å². The standard InChI is InChI=1S/C27H34N4O4/c1-18(29-16-24(33)22-9-10-26(28)30-15-22)11-19-5-3-6-20(12-19)13-27(35)31(2)17-25(34)21-7-4-8-23(32)14-21/h3-10,12,14-15,18,24-25,29,32-34H,11,13,16-17H2,1-2H3,(H2,28,30)/t18-,24-,25?/m1/s1. The summed E-state index contributed by atoms with van der Waals surface area (Å²) in [6.45, 7) is 2.56. The molecule has 0 aliphatic rings. The first-order valence-corrected chi connectivity index (χ1v) is 11.6. The minimum Gasteiger partial charge on any atom is -0.508 e. The monoisotopic (exact) mass is 478 g/mol. The number of nitrogens with zero attached hydrogens (tertiary/aromatic N) is 2. The van der Waals surface area contributed by atoms with E-state index in [1.165, 1.54) is 17.0 Å². The number of hydrogen-bond acceptors (Lipinski definition) is 7. The number of carbonyl (C=O) groups excluding carboxylic acids is 1. The molecular weight excluding hydrogens is 444 g/mol. The number of aromatic hydroxyl groups is 1. The summed E-state index contributed by atoms with van der Waals surface area (Å²) < 4.78 is 0. The van der Waals surface area contributed by atoms with Crippen LogP contribution in [0.1, 0.15) is 41.4 Å². The van der Waals surface area contributed by atoms with Gasteiger partial charge in [0.15, 0.2) is 0 Å². The summed E-state index contributed by atoms with van der Waals surface area (Å²) in [5.74, 6) is 0.389. The number of nitrogens with one attached hydrogen (secondary N) is 1. The Kier molecular flexibility index (Phi) is 9.19. The molecule has 0 bridgehead atoms. The van der Waals surface area contributed by atoms with E-state index < -0.39 is 12.2 Å². The molecule has 0 spiro atoms. The van der Waals surface area contributed by atoms with Gasteiger partial charge < -0.3 is 31.3 Å². The van der Waals surface area contributed by atoms with Gasteiger partial charge in [-0.25, -0.2) is 4.98 Å². The summed E-state index contributed by atoms with van der Waals surface area (Å²) >= 11 is 0. The fraction of sp³-hybridized carbons (Fsp3) is 0.333. The first-order valence-electron chi connectivity index (χ1n) is 11.6. The third-order valence-corrected chi connectivity index (χ3v) is 5.87. The number of carbonyl (C=O) groups is 1. The van der Waals surface area contributed by atoms with Gasteiger partial charge in [0, 0.05) is 31.4 Å². The maximum Gasteiger partial charge on any atom is 0.226 e. The molecule has 3 atom stereocenters. The minimum absolute atomic E-state index is 0.0767. The zero-order valence-electron chi connectivity index (χ0n) is 20.1. The smallest absolute Gasteiger partial charge is 0.226 e. The van der Waals surface area contributed by atoms with Gasteiger partial charge in [0.05, 0.1) is 25.2 Å². The molecule has 0 saturated heterocycles. The molecule has 8 heteroatoms. The highest BCUT2D eigenvalue weighted by molar-refractivity contribution is 5.78. The first-order chi connectivity index (χ1) is 16.7. The number of amides is 1. The predicted octanol–water partition coefficient (Wildman–Crippen LogP) is 2.36. The molecule has 0 saturated carbocycles. The Hall–Kier alpha value is -3.46. The molecule has 3 rings (SSSR count). The van der Waals surface area contributed by atoms with E-state index in [0.717, 1.165) is 17.5 Å². The third-order valence-electron chi connectivity index (χ3n) is 5.87. The van der Waals surface area contributed by atoms with E-state index in [1.54, 1.807) is 37.5 Å². The number of phenols is 1. The number of hydrogen-bond donors (Lipinski definition) is 5. The Labute approximate surface area is 206 Å². The summed E-state index contributed by atoms with van der Waals surface area (Å²) in [7, 11) is 1.66. The summed E-state index contributed by atoms with van der Waals surface area (Å²) in [6, 6.07) is 17.8. The molecule has 1 heterocycles. The minimum atomic E-state index is -0.881. The highest BCUT2D eigenvalue weighted by Crippen LogP contribution is 2.19. The molecule has 35 heavy (non-hydrogen) atoms. The van der Waals surface area contributed by atoms with Gasteiger partial charge in [-0.05, 0) is 48.2 Å². The van der Waals surface area contributed by atoms with Crippen LogP contribution in [0.4, 0.5) is 5.82 Å². The van der Waals surface area contributed by atoms with Crippen LogP contribution in [0.25, 0.3) is 0 Å². The van der Waals surface area contributed by atoms with Gasteiger partial charge in [0.1, 0.15) is 11.6 Å². The number of phenolic OH excluding ortho intramolecular Hbond substituents is 1. The number of nitrogen functional groups attached to an aromatic ring is 1. The van der Waals surface area contributed by atoms with E-state index in [-0.39, 0.29) is 30.7 Å². The highest BCUT2D eigenvalue weighted by Gasteiger charge is 2.17. The topological polar surface area (TPSA) is 132 Å². The lowest BCUT2D eigenvalue weighted by molar-refractivity contribution is -0.130. The van der Waals surface area contributed by atoms with Crippen molar-refractivity contribution in [2.24, 2.45) is 0 Å². The summed E-state index contributed by atoms with van der Waals surface area (Å²) in [5, 5.41) is 33.7. The van der Waals surface area contributed by atoms with Crippen LogP contribution in [0.15, 0.2) is 66.9 Å². The second kappa shape index (κ2) is 12.3. The Balaban J connectivity index is 1.49. The summed E-state index contributed by atoms with van der Waals surface area (Å²) in [5.41, 5.74) is 8.84. The van der Waals surface area contributed by atoms with Crippen LogP contribution in [-0.4, -0.2) is 57.3 Å². The second-order valence-corrected chi connectivity index (χ2v) is 8.93. The molecule has 8 nitrogen and oxygen atoms in total. The van der Waals surface area contributed by atoms with Gasteiger partial charge in [-0.15, -0.1) is 0 Å². The number of aliphatic hydroxyl groups excluding tert-OH is 2. The van der Waals surface area contributed by atoms with E-state index in [9.17, 15) is 20.1 Å². The Morgan fingerprint density at radius 3 is 2.49 bits per heavy atom. The third kappa shape index (κ3) is 8.06. The highest BCUT2D eigenvalue weighted by atomic mass is 16.3. The summed E-state index contributed by atoms with van der Waals surface area (Å²) in [6.07, 6.45) is 0.976. The van der Waals surface area contributed by atoms with Crippen LogP contribution >= 0.6 is 0 Å². The molecule has 3 aromatic rings. The number of anilines is 1. The SMILES string of the molecule is C[C@H](Cc1cccc(CC(=O)N(C)CC(O)c2cccc(O)c2)c1)NC[C@@H](O)c1ccc(N)nc1. The zero-order valence-corrected chi connectivity index (χ0v) is 20.1. The number of benzene rings is 2. The van der Waals surface area contributed by atoms with Gasteiger partial charge in [-0.3, -0.25) is 4.79 Å². The lowest BCUT2D eigenvalue weighted by Crippen LogP contribution is -2.32. The molecule has 0 fully saturated rings. The number of pyridine rings is 1. The van der Waals surface area contributed by atoms with Crippen LogP contribution < -0.4 is 11.1 Å². The lowest BCUT2D eigenvalue weighted by Gasteiger charge is -2.21. The normalized spacial score (nSPS) is 13.7. The molecule has 0 aliphatic carbocycles. The van der Waals surface area contributed by atoms with Crippen molar-refractivity contribution < 1.29 is 20.1 Å². The second-order valence-electron chi connectivity index (χ2n) is 8.93. The van der Waals surface area contributed by atoms with Crippen molar-refractivity contribution in [2.75, 3.05) is 25.9 Å². The largest absolute Gasteiger partial charge is 0.508 e. The Morgan fingerprint density at radius 2 is 1.77 bits per heavy atom. The number of aromatic nitrogens is 1. The molecule has 1 unspecified atom stereocenters. The van der Waals surface area contributed by atoms with Gasteiger partial charge >= 0.3 is 0 Å². The molecule has 6 N–H and O–H groups in total. The molecule has 1 aromatic heterocycles.